The van der Waals surface area contributed by atoms with Crippen LogP contribution in [-0.2, 0) is 4.79 Å². The molecular weight excluding hydrogens is 174 g/mol. The lowest BCUT2D eigenvalue weighted by Gasteiger charge is -2.40. The third kappa shape index (κ3) is 1.89. The summed E-state index contributed by atoms with van der Waals surface area (Å²) in [5.41, 5.74) is 6.15. The fraction of sp³-hybridized carbons (Fsp3) is 0.583. The first kappa shape index (κ1) is 11.0. The van der Waals surface area contributed by atoms with Crippen molar-refractivity contribution in [2.75, 3.05) is 0 Å². The molecule has 1 aliphatic carbocycles. The van der Waals surface area contributed by atoms with E-state index in [1.165, 1.54) is 0 Å². The Morgan fingerprint density at radius 3 is 2.36 bits per heavy atom. The predicted molar refractivity (Wildman–Crippen MR) is 58.6 cm³/mol. The van der Waals surface area contributed by atoms with Crippen molar-refractivity contribution in [1.82, 2.24) is 0 Å². The molecule has 0 aromatic rings. The van der Waals surface area contributed by atoms with E-state index in [1.54, 1.807) is 0 Å². The van der Waals surface area contributed by atoms with Gasteiger partial charge in [-0.2, -0.15) is 0 Å². The van der Waals surface area contributed by atoms with Gasteiger partial charge >= 0.3 is 0 Å². The smallest absolute Gasteiger partial charge is 0.248 e. The van der Waals surface area contributed by atoms with Crippen LogP contribution < -0.4 is 5.73 Å². The Labute approximate surface area is 85.9 Å². The van der Waals surface area contributed by atoms with Gasteiger partial charge in [0.2, 0.25) is 5.91 Å². The lowest BCUT2D eigenvalue weighted by atomic mass is 9.64. The largest absolute Gasteiger partial charge is 0.366 e. The van der Waals surface area contributed by atoms with Gasteiger partial charge in [-0.05, 0) is 17.3 Å². The molecule has 0 spiro atoms. The van der Waals surface area contributed by atoms with Gasteiger partial charge in [0.25, 0.3) is 0 Å². The maximum absolute atomic E-state index is 10.9. The highest BCUT2D eigenvalue weighted by atomic mass is 16.1. The second kappa shape index (κ2) is 3.26. The van der Waals surface area contributed by atoms with E-state index in [-0.39, 0.29) is 16.7 Å². The molecule has 2 N–H and O–H groups in total. The minimum atomic E-state index is -0.336. The van der Waals surface area contributed by atoms with Crippen molar-refractivity contribution < 1.29 is 4.79 Å². The summed E-state index contributed by atoms with van der Waals surface area (Å²) >= 11 is 0. The molecule has 0 aromatic carbocycles. The lowest BCUT2D eigenvalue weighted by Crippen LogP contribution is -2.32. The maximum Gasteiger partial charge on any atom is 0.248 e. The summed E-state index contributed by atoms with van der Waals surface area (Å²) in [4.78, 5) is 10.9. The normalized spacial score (nSPS) is 27.3. The zero-order valence-electron chi connectivity index (χ0n) is 9.42. The van der Waals surface area contributed by atoms with E-state index in [2.05, 4.69) is 33.8 Å². The standard InChI is InChI=1S/C12H19NO/c1-11(2,3)12(4)7-5-9(6-8-12)10(13)14/h5-7H,8H2,1-4H3,(H2,13,14). The first-order chi connectivity index (χ1) is 6.26. The monoisotopic (exact) mass is 193 g/mol. The summed E-state index contributed by atoms with van der Waals surface area (Å²) in [5, 5.41) is 0. The molecule has 1 aliphatic rings. The molecule has 14 heavy (non-hydrogen) atoms. The molecule has 0 aromatic heterocycles. The van der Waals surface area contributed by atoms with E-state index in [0.717, 1.165) is 6.42 Å². The molecule has 2 nitrogen and oxygen atoms in total. The van der Waals surface area contributed by atoms with Gasteiger partial charge in [0.05, 0.1) is 0 Å². The van der Waals surface area contributed by atoms with E-state index in [1.807, 2.05) is 12.2 Å². The number of rotatable bonds is 1. The number of nitrogens with two attached hydrogens (primary N) is 1. The van der Waals surface area contributed by atoms with Gasteiger partial charge in [-0.25, -0.2) is 0 Å². The van der Waals surface area contributed by atoms with E-state index in [0.29, 0.717) is 5.57 Å². The molecule has 78 valence electrons. The third-order valence-corrected chi connectivity index (χ3v) is 3.37. The molecule has 0 saturated heterocycles. The molecule has 0 bridgehead atoms. The minimum absolute atomic E-state index is 0.117. The number of allylic oxidation sites excluding steroid dienone is 2. The van der Waals surface area contributed by atoms with E-state index < -0.39 is 0 Å². The van der Waals surface area contributed by atoms with Crippen LogP contribution in [0.4, 0.5) is 0 Å². The number of carbonyl (C=O) groups excluding carboxylic acids is 1. The molecule has 0 aliphatic heterocycles. The fourth-order valence-electron chi connectivity index (χ4n) is 1.47. The first-order valence-corrected chi connectivity index (χ1v) is 4.95. The predicted octanol–water partition coefficient (Wildman–Crippen LogP) is 2.41. The van der Waals surface area contributed by atoms with Crippen LogP contribution in [0.25, 0.3) is 0 Å². The molecule has 1 rings (SSSR count). The Balaban J connectivity index is 2.88. The number of primary amides is 1. The second-order valence-corrected chi connectivity index (χ2v) is 5.23. The van der Waals surface area contributed by atoms with Crippen LogP contribution in [-0.4, -0.2) is 5.91 Å². The zero-order chi connectivity index (χ0) is 11.0. The summed E-state index contributed by atoms with van der Waals surface area (Å²) < 4.78 is 0. The molecule has 2 heteroatoms. The topological polar surface area (TPSA) is 43.1 Å². The summed E-state index contributed by atoms with van der Waals surface area (Å²) in [5.74, 6) is -0.336. The molecule has 1 atom stereocenters. The summed E-state index contributed by atoms with van der Waals surface area (Å²) in [7, 11) is 0. The quantitative estimate of drug-likeness (QED) is 0.682. The molecular formula is C12H19NO. The first-order valence-electron chi connectivity index (χ1n) is 4.95. The van der Waals surface area contributed by atoms with Gasteiger partial charge in [-0.1, -0.05) is 45.9 Å². The molecule has 1 amide bonds. The number of amides is 1. The summed E-state index contributed by atoms with van der Waals surface area (Å²) in [6, 6.07) is 0. The number of hydrogen-bond donors (Lipinski definition) is 1. The van der Waals surface area contributed by atoms with E-state index in [4.69, 9.17) is 5.73 Å². The summed E-state index contributed by atoms with van der Waals surface area (Å²) in [6.45, 7) is 8.83. The Kier molecular flexibility index (Phi) is 2.57. The average Bonchev–Trinajstić information content (AvgIpc) is 2.03. The van der Waals surface area contributed by atoms with Gasteiger partial charge in [-0.3, -0.25) is 4.79 Å². The maximum atomic E-state index is 10.9. The SMILES string of the molecule is CC(C)(C)C1(C)C=CC(C(N)=O)=CC1. The molecule has 0 saturated carbocycles. The van der Waals surface area contributed by atoms with Crippen molar-refractivity contribution in [3.05, 3.63) is 23.8 Å². The van der Waals surface area contributed by atoms with Crippen LogP contribution in [0.1, 0.15) is 34.1 Å². The highest BCUT2D eigenvalue weighted by molar-refractivity contribution is 5.95. The van der Waals surface area contributed by atoms with E-state index >= 15 is 0 Å². The van der Waals surface area contributed by atoms with Gasteiger partial charge < -0.3 is 5.73 Å². The van der Waals surface area contributed by atoms with Crippen LogP contribution in [0.2, 0.25) is 0 Å². The Hall–Kier alpha value is -1.05. The number of hydrogen-bond acceptors (Lipinski definition) is 1. The lowest BCUT2D eigenvalue weighted by molar-refractivity contribution is -0.114. The van der Waals surface area contributed by atoms with Crippen molar-refractivity contribution in [1.29, 1.82) is 0 Å². The van der Waals surface area contributed by atoms with Gasteiger partial charge in [0.15, 0.2) is 0 Å². The highest BCUT2D eigenvalue weighted by Crippen LogP contribution is 2.44. The molecule has 1 unspecified atom stereocenters. The van der Waals surface area contributed by atoms with Crippen molar-refractivity contribution in [3.8, 4) is 0 Å². The van der Waals surface area contributed by atoms with Crippen molar-refractivity contribution >= 4 is 5.91 Å². The van der Waals surface area contributed by atoms with Crippen molar-refractivity contribution in [2.24, 2.45) is 16.6 Å². The fourth-order valence-corrected chi connectivity index (χ4v) is 1.47. The Morgan fingerprint density at radius 1 is 1.50 bits per heavy atom. The second-order valence-electron chi connectivity index (χ2n) is 5.23. The van der Waals surface area contributed by atoms with Crippen LogP contribution in [0, 0.1) is 10.8 Å². The summed E-state index contributed by atoms with van der Waals surface area (Å²) in [6.07, 6.45) is 6.77. The van der Waals surface area contributed by atoms with Crippen LogP contribution in [0.3, 0.4) is 0 Å². The Morgan fingerprint density at radius 2 is 2.07 bits per heavy atom. The van der Waals surface area contributed by atoms with Gasteiger partial charge in [-0.15, -0.1) is 0 Å². The van der Waals surface area contributed by atoms with Gasteiger partial charge in [0, 0.05) is 5.57 Å². The average molecular weight is 193 g/mol. The zero-order valence-corrected chi connectivity index (χ0v) is 9.42. The highest BCUT2D eigenvalue weighted by Gasteiger charge is 2.35. The van der Waals surface area contributed by atoms with Crippen molar-refractivity contribution in [2.45, 2.75) is 34.1 Å². The van der Waals surface area contributed by atoms with Gasteiger partial charge in [0.1, 0.15) is 0 Å². The van der Waals surface area contributed by atoms with Crippen LogP contribution in [0.5, 0.6) is 0 Å². The van der Waals surface area contributed by atoms with Crippen LogP contribution >= 0.6 is 0 Å². The molecule has 0 fully saturated rings. The third-order valence-electron chi connectivity index (χ3n) is 3.37. The van der Waals surface area contributed by atoms with Crippen molar-refractivity contribution in [3.63, 3.8) is 0 Å². The Bertz CT molecular complexity index is 307. The minimum Gasteiger partial charge on any atom is -0.366 e. The molecule has 0 heterocycles. The van der Waals surface area contributed by atoms with Crippen LogP contribution in [0.15, 0.2) is 23.8 Å². The number of carbonyl (C=O) groups is 1. The van der Waals surface area contributed by atoms with E-state index in [9.17, 15) is 4.79 Å². The molecule has 0 radical (unpaired) electrons.